The van der Waals surface area contributed by atoms with Crippen LogP contribution in [0.3, 0.4) is 0 Å². The molecule has 2 aliphatic rings. The van der Waals surface area contributed by atoms with Crippen molar-refractivity contribution in [3.05, 3.63) is 46.6 Å². The van der Waals surface area contributed by atoms with Gasteiger partial charge < -0.3 is 5.32 Å². The van der Waals surface area contributed by atoms with Gasteiger partial charge in [-0.05, 0) is 32.9 Å². The van der Waals surface area contributed by atoms with Crippen molar-refractivity contribution in [2.45, 2.75) is 44.2 Å². The topological polar surface area (TPSA) is 118 Å². The van der Waals surface area contributed by atoms with E-state index < -0.39 is 33.1 Å². The quantitative estimate of drug-likeness (QED) is 0.738. The first kappa shape index (κ1) is 20.3. The number of nitrogens with one attached hydrogen (secondary N) is 1. The standard InChI is InChI=1S/C20H22N4O5S/c1-20(2,3)24-17(14-10-30(28,29)11-15(14)22-24)21-16(25)8-9-23-18(26)12-6-4-5-7-13(12)19(23)27/h4-7H,8-11H2,1-3H3,(H,21,25). The number of aromatic nitrogens is 2. The largest absolute Gasteiger partial charge is 0.311 e. The molecule has 0 saturated heterocycles. The molecule has 3 heterocycles. The molecule has 158 valence electrons. The average molecular weight is 430 g/mol. The average Bonchev–Trinajstić information content (AvgIpc) is 3.21. The summed E-state index contributed by atoms with van der Waals surface area (Å²) in [6.45, 7) is 5.64. The summed E-state index contributed by atoms with van der Waals surface area (Å²) in [6.07, 6.45) is -0.109. The first-order chi connectivity index (χ1) is 14.0. The van der Waals surface area contributed by atoms with Gasteiger partial charge in [0.25, 0.3) is 11.8 Å². The van der Waals surface area contributed by atoms with E-state index in [2.05, 4.69) is 10.4 Å². The highest BCUT2D eigenvalue weighted by Crippen LogP contribution is 2.34. The molecular weight excluding hydrogens is 408 g/mol. The number of rotatable bonds is 4. The van der Waals surface area contributed by atoms with Gasteiger partial charge in [0, 0.05) is 18.5 Å². The van der Waals surface area contributed by atoms with Crippen LogP contribution in [-0.2, 0) is 31.7 Å². The molecule has 30 heavy (non-hydrogen) atoms. The second kappa shape index (κ2) is 6.76. The first-order valence-corrected chi connectivity index (χ1v) is 11.4. The molecule has 0 bridgehead atoms. The lowest BCUT2D eigenvalue weighted by Gasteiger charge is -2.23. The van der Waals surface area contributed by atoms with Crippen LogP contribution >= 0.6 is 0 Å². The van der Waals surface area contributed by atoms with Gasteiger partial charge in [-0.2, -0.15) is 5.10 Å². The molecule has 0 aliphatic carbocycles. The monoisotopic (exact) mass is 430 g/mol. The Morgan fingerprint density at radius 3 is 2.27 bits per heavy atom. The number of sulfone groups is 1. The van der Waals surface area contributed by atoms with E-state index in [0.717, 1.165) is 4.90 Å². The fourth-order valence-corrected chi connectivity index (χ4v) is 5.20. The minimum Gasteiger partial charge on any atom is -0.311 e. The van der Waals surface area contributed by atoms with Crippen molar-refractivity contribution in [3.63, 3.8) is 0 Å². The zero-order valence-electron chi connectivity index (χ0n) is 16.9. The molecule has 0 radical (unpaired) electrons. The van der Waals surface area contributed by atoms with Crippen molar-refractivity contribution in [3.8, 4) is 0 Å². The van der Waals surface area contributed by atoms with Gasteiger partial charge in [-0.3, -0.25) is 19.3 Å². The maximum absolute atomic E-state index is 12.6. The third-order valence-corrected chi connectivity index (χ3v) is 6.56. The molecular formula is C20H22N4O5S. The summed E-state index contributed by atoms with van der Waals surface area (Å²) >= 11 is 0. The van der Waals surface area contributed by atoms with Crippen molar-refractivity contribution in [1.29, 1.82) is 0 Å². The summed E-state index contributed by atoms with van der Waals surface area (Å²) in [6, 6.07) is 6.54. The molecule has 9 nitrogen and oxygen atoms in total. The number of anilines is 1. The fourth-order valence-electron chi connectivity index (χ4n) is 3.71. The molecule has 10 heteroatoms. The van der Waals surface area contributed by atoms with Gasteiger partial charge in [-0.25, -0.2) is 13.1 Å². The Balaban J connectivity index is 1.51. The number of carbonyl (C=O) groups is 3. The number of imide groups is 1. The van der Waals surface area contributed by atoms with Gasteiger partial charge in [0.05, 0.1) is 33.9 Å². The summed E-state index contributed by atoms with van der Waals surface area (Å²) < 4.78 is 25.6. The number of amides is 3. The first-order valence-electron chi connectivity index (χ1n) is 9.55. The van der Waals surface area contributed by atoms with Crippen LogP contribution in [0.15, 0.2) is 24.3 Å². The Bertz CT molecular complexity index is 1160. The van der Waals surface area contributed by atoms with E-state index in [1.54, 1.807) is 28.9 Å². The third-order valence-electron chi connectivity index (χ3n) is 5.12. The van der Waals surface area contributed by atoms with Gasteiger partial charge >= 0.3 is 0 Å². The third kappa shape index (κ3) is 3.41. The summed E-state index contributed by atoms with van der Waals surface area (Å²) in [7, 11) is -3.28. The Labute approximate surface area is 174 Å². The van der Waals surface area contributed by atoms with E-state index in [-0.39, 0.29) is 24.5 Å². The Morgan fingerprint density at radius 1 is 1.10 bits per heavy atom. The zero-order chi connectivity index (χ0) is 21.8. The van der Waals surface area contributed by atoms with Crippen molar-refractivity contribution in [1.82, 2.24) is 14.7 Å². The van der Waals surface area contributed by atoms with Crippen molar-refractivity contribution >= 4 is 33.4 Å². The summed E-state index contributed by atoms with van der Waals surface area (Å²) in [5, 5.41) is 7.16. The number of hydrogen-bond acceptors (Lipinski definition) is 6. The lowest BCUT2D eigenvalue weighted by atomic mass is 10.1. The van der Waals surface area contributed by atoms with E-state index in [1.165, 1.54) is 0 Å². The van der Waals surface area contributed by atoms with Crippen LogP contribution < -0.4 is 5.32 Å². The number of benzene rings is 1. The van der Waals surface area contributed by atoms with E-state index in [1.807, 2.05) is 20.8 Å². The molecule has 1 aromatic carbocycles. The number of hydrogen-bond donors (Lipinski definition) is 1. The second-order valence-electron chi connectivity index (χ2n) is 8.49. The van der Waals surface area contributed by atoms with Gasteiger partial charge in [0.1, 0.15) is 5.82 Å². The Kier molecular flexibility index (Phi) is 4.57. The van der Waals surface area contributed by atoms with Gasteiger partial charge in [0.2, 0.25) is 5.91 Å². The van der Waals surface area contributed by atoms with Gasteiger partial charge in [-0.1, -0.05) is 12.1 Å². The van der Waals surface area contributed by atoms with Crippen LogP contribution in [0, 0.1) is 0 Å². The predicted octanol–water partition coefficient (Wildman–Crippen LogP) is 1.69. The molecule has 0 spiro atoms. The minimum atomic E-state index is -3.28. The molecule has 0 atom stereocenters. The molecule has 1 N–H and O–H groups in total. The van der Waals surface area contributed by atoms with Crippen LogP contribution in [0.25, 0.3) is 0 Å². The number of carbonyl (C=O) groups excluding carboxylic acids is 3. The van der Waals surface area contributed by atoms with Crippen molar-refractivity contribution in [2.24, 2.45) is 0 Å². The van der Waals surface area contributed by atoms with Crippen LogP contribution in [-0.4, -0.2) is 47.4 Å². The molecule has 3 amide bonds. The molecule has 4 rings (SSSR count). The lowest BCUT2D eigenvalue weighted by Crippen LogP contribution is -2.33. The van der Waals surface area contributed by atoms with Crippen LogP contribution in [0.1, 0.15) is 59.2 Å². The van der Waals surface area contributed by atoms with Crippen molar-refractivity contribution < 1.29 is 22.8 Å². The Morgan fingerprint density at radius 2 is 1.70 bits per heavy atom. The van der Waals surface area contributed by atoms with E-state index >= 15 is 0 Å². The highest BCUT2D eigenvalue weighted by atomic mass is 32.2. The lowest BCUT2D eigenvalue weighted by molar-refractivity contribution is -0.116. The van der Waals surface area contributed by atoms with Crippen molar-refractivity contribution in [2.75, 3.05) is 11.9 Å². The molecule has 2 aromatic rings. The van der Waals surface area contributed by atoms with Gasteiger partial charge in [-0.15, -0.1) is 0 Å². The number of nitrogens with zero attached hydrogens (tertiary/aromatic N) is 3. The minimum absolute atomic E-state index is 0.0671. The second-order valence-corrected chi connectivity index (χ2v) is 10.6. The Hall–Kier alpha value is -3.01. The highest BCUT2D eigenvalue weighted by molar-refractivity contribution is 7.90. The van der Waals surface area contributed by atoms with Crippen LogP contribution in [0.5, 0.6) is 0 Å². The van der Waals surface area contributed by atoms with Gasteiger partial charge in [0.15, 0.2) is 9.84 Å². The highest BCUT2D eigenvalue weighted by Gasteiger charge is 2.37. The SMILES string of the molecule is CC(C)(C)n1nc2c(c1NC(=O)CCN1C(=O)c3ccccc3C1=O)CS(=O)(=O)C2. The molecule has 0 fully saturated rings. The molecule has 0 saturated carbocycles. The summed E-state index contributed by atoms with van der Waals surface area (Å²) in [4.78, 5) is 38.6. The molecule has 1 aromatic heterocycles. The summed E-state index contributed by atoms with van der Waals surface area (Å²) in [5.74, 6) is -1.24. The van der Waals surface area contributed by atoms with E-state index in [9.17, 15) is 22.8 Å². The maximum atomic E-state index is 12.6. The van der Waals surface area contributed by atoms with E-state index in [4.69, 9.17) is 0 Å². The smallest absolute Gasteiger partial charge is 0.261 e. The zero-order valence-corrected chi connectivity index (χ0v) is 17.7. The van der Waals surface area contributed by atoms with E-state index in [0.29, 0.717) is 28.2 Å². The fraction of sp³-hybridized carbons (Fsp3) is 0.400. The summed E-state index contributed by atoms with van der Waals surface area (Å²) in [5.41, 5.74) is 1.13. The van der Waals surface area contributed by atoms with Crippen LogP contribution in [0.2, 0.25) is 0 Å². The molecule has 0 unspecified atom stereocenters. The predicted molar refractivity (Wildman–Crippen MR) is 109 cm³/mol. The number of fused-ring (bicyclic) bond motifs is 2. The van der Waals surface area contributed by atoms with Crippen LogP contribution in [0.4, 0.5) is 5.82 Å². The normalized spacial score (nSPS) is 17.2. The maximum Gasteiger partial charge on any atom is 0.261 e. The molecule has 2 aliphatic heterocycles.